The zero-order valence-corrected chi connectivity index (χ0v) is 11.9. The van der Waals surface area contributed by atoms with Crippen molar-refractivity contribution in [2.75, 3.05) is 0 Å². The Hall–Kier alpha value is -0.410. The van der Waals surface area contributed by atoms with Crippen LogP contribution in [0.4, 0.5) is 0 Å². The van der Waals surface area contributed by atoms with Crippen molar-refractivity contribution in [2.24, 2.45) is 0 Å². The van der Waals surface area contributed by atoms with E-state index in [-0.39, 0.29) is 6.10 Å². The number of rotatable bonds is 9. The van der Waals surface area contributed by atoms with E-state index in [9.17, 15) is 5.11 Å². The van der Waals surface area contributed by atoms with Gasteiger partial charge in [0.2, 0.25) is 0 Å². The van der Waals surface area contributed by atoms with Gasteiger partial charge in [0.05, 0.1) is 0 Å². The zero-order valence-electron chi connectivity index (χ0n) is 11.1. The van der Waals surface area contributed by atoms with Crippen LogP contribution < -0.4 is 0 Å². The predicted octanol–water partition coefficient (Wildman–Crippen LogP) is 4.63. The van der Waals surface area contributed by atoms with Crippen molar-refractivity contribution >= 4 is 11.3 Å². The smallest absolute Gasteiger partial charge is 0.121 e. The first-order valence-electron chi connectivity index (χ1n) is 6.84. The average Bonchev–Trinajstić information content (AvgIpc) is 2.74. The largest absolute Gasteiger partial charge is 0.386 e. The highest BCUT2D eigenvalue weighted by atomic mass is 32.1. The summed E-state index contributed by atoms with van der Waals surface area (Å²) >= 11 is 1.57. The zero-order chi connectivity index (χ0) is 12.5. The number of aliphatic hydroxyl groups is 1. The predicted molar refractivity (Wildman–Crippen MR) is 74.4 cm³/mol. The molecular formula is C14H25NOS. The van der Waals surface area contributed by atoms with Crippen molar-refractivity contribution in [3.63, 3.8) is 0 Å². The number of hydrogen-bond donors (Lipinski definition) is 1. The molecule has 2 nitrogen and oxygen atoms in total. The number of aliphatic hydroxyl groups excluding tert-OH is 1. The average molecular weight is 255 g/mol. The van der Waals surface area contributed by atoms with Gasteiger partial charge in [-0.05, 0) is 13.3 Å². The van der Waals surface area contributed by atoms with Crippen molar-refractivity contribution in [2.45, 2.75) is 71.3 Å². The van der Waals surface area contributed by atoms with Gasteiger partial charge < -0.3 is 5.11 Å². The Morgan fingerprint density at radius 1 is 1.18 bits per heavy atom. The van der Waals surface area contributed by atoms with E-state index in [1.807, 2.05) is 12.3 Å². The molecule has 0 saturated heterocycles. The van der Waals surface area contributed by atoms with Crippen LogP contribution in [0, 0.1) is 6.92 Å². The summed E-state index contributed by atoms with van der Waals surface area (Å²) in [5.41, 5.74) is 1.02. The molecule has 0 spiro atoms. The van der Waals surface area contributed by atoms with Gasteiger partial charge in [-0.15, -0.1) is 11.3 Å². The number of aromatic nitrogens is 1. The van der Waals surface area contributed by atoms with Crippen LogP contribution in [0.15, 0.2) is 5.38 Å². The summed E-state index contributed by atoms with van der Waals surface area (Å²) < 4.78 is 0. The van der Waals surface area contributed by atoms with Gasteiger partial charge in [0.1, 0.15) is 11.1 Å². The summed E-state index contributed by atoms with van der Waals surface area (Å²) in [6.45, 7) is 4.22. The van der Waals surface area contributed by atoms with Gasteiger partial charge in [-0.3, -0.25) is 0 Å². The fraction of sp³-hybridized carbons (Fsp3) is 0.786. The van der Waals surface area contributed by atoms with E-state index in [1.54, 1.807) is 11.3 Å². The second-order valence-electron chi connectivity index (χ2n) is 4.75. The molecule has 0 aliphatic rings. The van der Waals surface area contributed by atoms with Crippen molar-refractivity contribution in [1.82, 2.24) is 4.98 Å². The Kier molecular flexibility index (Phi) is 7.45. The molecule has 0 bridgehead atoms. The maximum atomic E-state index is 9.92. The van der Waals surface area contributed by atoms with Crippen LogP contribution in [0.25, 0.3) is 0 Å². The Bertz CT molecular complexity index is 298. The number of unbranched alkanes of at least 4 members (excludes halogenated alkanes) is 6. The van der Waals surface area contributed by atoms with E-state index in [2.05, 4.69) is 11.9 Å². The van der Waals surface area contributed by atoms with E-state index in [1.165, 1.54) is 38.5 Å². The van der Waals surface area contributed by atoms with Crippen LogP contribution in [0.3, 0.4) is 0 Å². The third kappa shape index (κ3) is 6.18. The van der Waals surface area contributed by atoms with Gasteiger partial charge in [-0.2, -0.15) is 0 Å². The molecule has 0 saturated carbocycles. The molecule has 0 aliphatic heterocycles. The van der Waals surface area contributed by atoms with Crippen LogP contribution in [0.5, 0.6) is 0 Å². The molecule has 1 rings (SSSR count). The lowest BCUT2D eigenvalue weighted by Gasteiger charge is -2.06. The monoisotopic (exact) mass is 255 g/mol. The van der Waals surface area contributed by atoms with E-state index in [0.717, 1.165) is 23.5 Å². The second-order valence-corrected chi connectivity index (χ2v) is 5.64. The molecule has 1 N–H and O–H groups in total. The Labute approximate surface area is 109 Å². The lowest BCUT2D eigenvalue weighted by molar-refractivity contribution is 0.162. The first-order valence-corrected chi connectivity index (χ1v) is 7.72. The minimum Gasteiger partial charge on any atom is -0.386 e. The SMILES string of the molecule is CCCCCCCCCC(O)c1nc(C)cs1. The molecule has 98 valence electrons. The van der Waals surface area contributed by atoms with Gasteiger partial charge in [-0.25, -0.2) is 4.98 Å². The highest BCUT2D eigenvalue weighted by Crippen LogP contribution is 2.23. The Morgan fingerprint density at radius 3 is 2.41 bits per heavy atom. The minimum atomic E-state index is -0.343. The van der Waals surface area contributed by atoms with E-state index in [0.29, 0.717) is 0 Å². The maximum Gasteiger partial charge on any atom is 0.121 e. The molecule has 0 aromatic carbocycles. The fourth-order valence-corrected chi connectivity index (χ4v) is 2.76. The van der Waals surface area contributed by atoms with Crippen LogP contribution in [-0.2, 0) is 0 Å². The van der Waals surface area contributed by atoms with Crippen LogP contribution in [0.2, 0.25) is 0 Å². The van der Waals surface area contributed by atoms with Gasteiger partial charge in [0.15, 0.2) is 0 Å². The lowest BCUT2D eigenvalue weighted by atomic mass is 10.1. The van der Waals surface area contributed by atoms with Gasteiger partial charge >= 0.3 is 0 Å². The molecule has 1 heterocycles. The molecule has 1 aromatic heterocycles. The molecule has 1 unspecified atom stereocenters. The molecule has 0 aliphatic carbocycles. The van der Waals surface area contributed by atoms with Crippen molar-refractivity contribution in [3.8, 4) is 0 Å². The topological polar surface area (TPSA) is 33.1 Å². The quantitative estimate of drug-likeness (QED) is 0.653. The number of nitrogens with zero attached hydrogens (tertiary/aromatic N) is 1. The first kappa shape index (κ1) is 14.7. The summed E-state index contributed by atoms with van der Waals surface area (Å²) in [7, 11) is 0. The third-order valence-corrected chi connectivity index (χ3v) is 4.07. The molecule has 1 atom stereocenters. The van der Waals surface area contributed by atoms with Crippen molar-refractivity contribution < 1.29 is 5.11 Å². The Balaban J connectivity index is 2.03. The standard InChI is InChI=1S/C14H25NOS/c1-3-4-5-6-7-8-9-10-13(16)14-15-12(2)11-17-14/h11,13,16H,3-10H2,1-2H3. The van der Waals surface area contributed by atoms with Crippen LogP contribution >= 0.6 is 11.3 Å². The maximum absolute atomic E-state index is 9.92. The molecule has 0 amide bonds. The molecule has 0 fully saturated rings. The summed E-state index contributed by atoms with van der Waals surface area (Å²) in [5, 5.41) is 12.8. The van der Waals surface area contributed by atoms with Crippen LogP contribution in [-0.4, -0.2) is 10.1 Å². The molecule has 3 heteroatoms. The van der Waals surface area contributed by atoms with E-state index >= 15 is 0 Å². The third-order valence-electron chi connectivity index (χ3n) is 3.00. The summed E-state index contributed by atoms with van der Waals surface area (Å²) in [4.78, 5) is 4.32. The summed E-state index contributed by atoms with van der Waals surface area (Å²) in [6.07, 6.45) is 9.57. The van der Waals surface area contributed by atoms with Crippen molar-refractivity contribution in [3.05, 3.63) is 16.1 Å². The fourth-order valence-electron chi connectivity index (χ4n) is 1.94. The Morgan fingerprint density at radius 2 is 1.82 bits per heavy atom. The lowest BCUT2D eigenvalue weighted by Crippen LogP contribution is -1.96. The van der Waals surface area contributed by atoms with Crippen LogP contribution in [0.1, 0.15) is 75.1 Å². The molecule has 1 aromatic rings. The molecule has 0 radical (unpaired) electrons. The van der Waals surface area contributed by atoms with E-state index < -0.39 is 0 Å². The van der Waals surface area contributed by atoms with Gasteiger partial charge in [0.25, 0.3) is 0 Å². The molecular weight excluding hydrogens is 230 g/mol. The number of hydrogen-bond acceptors (Lipinski definition) is 3. The second kappa shape index (κ2) is 8.65. The number of thiazole rings is 1. The normalized spacial score (nSPS) is 12.9. The summed E-state index contributed by atoms with van der Waals surface area (Å²) in [6, 6.07) is 0. The highest BCUT2D eigenvalue weighted by molar-refractivity contribution is 7.09. The minimum absolute atomic E-state index is 0.343. The summed E-state index contributed by atoms with van der Waals surface area (Å²) in [5.74, 6) is 0. The molecule has 17 heavy (non-hydrogen) atoms. The van der Waals surface area contributed by atoms with Gasteiger partial charge in [0, 0.05) is 11.1 Å². The van der Waals surface area contributed by atoms with Crippen molar-refractivity contribution in [1.29, 1.82) is 0 Å². The first-order chi connectivity index (χ1) is 8.24. The highest BCUT2D eigenvalue weighted by Gasteiger charge is 2.10. The van der Waals surface area contributed by atoms with Gasteiger partial charge in [-0.1, -0.05) is 51.9 Å². The number of aryl methyl sites for hydroxylation is 1. The van der Waals surface area contributed by atoms with E-state index in [4.69, 9.17) is 0 Å².